The van der Waals surface area contributed by atoms with Crippen LogP contribution in [0.2, 0.25) is 5.02 Å². The van der Waals surface area contributed by atoms with Crippen LogP contribution in [0.25, 0.3) is 0 Å². The van der Waals surface area contributed by atoms with Crippen molar-refractivity contribution in [3.8, 4) is 0 Å². The Bertz CT molecular complexity index is 538. The Kier molecular flexibility index (Phi) is 5.41. The lowest BCUT2D eigenvalue weighted by molar-refractivity contribution is -0.117. The van der Waals surface area contributed by atoms with Gasteiger partial charge in [-0.2, -0.15) is 11.8 Å². The van der Waals surface area contributed by atoms with E-state index in [1.165, 1.54) is 0 Å². The smallest absolute Gasteiger partial charge is 0.246 e. The average Bonchev–Trinajstić information content (AvgIpc) is 2.74. The van der Waals surface area contributed by atoms with Crippen LogP contribution in [0.5, 0.6) is 0 Å². The van der Waals surface area contributed by atoms with Gasteiger partial charge in [0.2, 0.25) is 5.91 Å². The van der Waals surface area contributed by atoms with E-state index in [0.29, 0.717) is 11.1 Å². The van der Waals surface area contributed by atoms with Gasteiger partial charge in [-0.15, -0.1) is 0 Å². The summed E-state index contributed by atoms with van der Waals surface area (Å²) < 4.78 is 0. The van der Waals surface area contributed by atoms with E-state index in [-0.39, 0.29) is 11.9 Å². The van der Waals surface area contributed by atoms with Crippen molar-refractivity contribution in [3.05, 3.63) is 22.7 Å². The maximum atomic E-state index is 12.0. The number of carbonyl (C=O) groups excluding carboxylic acids is 1. The zero-order valence-corrected chi connectivity index (χ0v) is 14.4. The number of hydrogen-bond donors (Lipinski definition) is 2. The molecule has 116 valence electrons. The first kappa shape index (κ1) is 16.5. The second-order valence-electron chi connectivity index (χ2n) is 5.29. The molecule has 2 atom stereocenters. The van der Waals surface area contributed by atoms with Gasteiger partial charge in [-0.3, -0.25) is 4.79 Å². The maximum Gasteiger partial charge on any atom is 0.246 e. The molecule has 1 aliphatic rings. The Morgan fingerprint density at radius 1 is 1.52 bits per heavy atom. The third-order valence-electron chi connectivity index (χ3n) is 3.81. The quantitative estimate of drug-likeness (QED) is 0.842. The Hall–Kier alpha value is -0.910. The number of nitrogens with one attached hydrogen (secondary N) is 2. The minimum Gasteiger partial charge on any atom is -0.370 e. The highest BCUT2D eigenvalue weighted by Crippen LogP contribution is 2.39. The highest BCUT2D eigenvalue weighted by atomic mass is 35.5. The van der Waals surface area contributed by atoms with Crippen molar-refractivity contribution in [3.63, 3.8) is 0 Å². The van der Waals surface area contributed by atoms with Gasteiger partial charge in [-0.25, -0.2) is 0 Å². The van der Waals surface area contributed by atoms with Crippen LogP contribution in [0.15, 0.2) is 12.1 Å². The summed E-state index contributed by atoms with van der Waals surface area (Å²) in [7, 11) is 2.03. The number of amides is 1. The number of rotatable bonds is 6. The number of anilines is 2. The molecule has 1 amide bonds. The number of likely N-dealkylation sites (N-methyl/N-ethyl adjacent to an activating group) is 1. The van der Waals surface area contributed by atoms with Crippen molar-refractivity contribution < 1.29 is 4.79 Å². The summed E-state index contributed by atoms with van der Waals surface area (Å²) in [5, 5.41) is 6.80. The third-order valence-corrected chi connectivity index (χ3v) is 4.93. The second kappa shape index (κ2) is 6.90. The molecule has 4 nitrogen and oxygen atoms in total. The fourth-order valence-electron chi connectivity index (χ4n) is 2.54. The summed E-state index contributed by atoms with van der Waals surface area (Å²) in [5.41, 5.74) is 2.74. The molecule has 1 aliphatic heterocycles. The monoisotopic (exact) mass is 327 g/mol. The summed E-state index contributed by atoms with van der Waals surface area (Å²) in [6.45, 7) is 4.89. The molecule has 6 heteroatoms. The Morgan fingerprint density at radius 2 is 2.24 bits per heavy atom. The lowest BCUT2D eigenvalue weighted by Gasteiger charge is -2.28. The molecule has 0 aliphatic carbocycles. The van der Waals surface area contributed by atoms with Crippen molar-refractivity contribution in [2.24, 2.45) is 0 Å². The van der Waals surface area contributed by atoms with Gasteiger partial charge in [0.25, 0.3) is 0 Å². The van der Waals surface area contributed by atoms with Gasteiger partial charge in [-0.1, -0.05) is 18.5 Å². The van der Waals surface area contributed by atoms with Gasteiger partial charge < -0.3 is 15.5 Å². The molecular formula is C15H22ClN3OS. The standard InChI is InChI=1S/C15H22ClN3OS/c1-5-17-14-10-6-11(16)13(7-12(10)18-15(14)20)19(3)9(2)8-21-4/h6-7,9,14,17H,5,8H2,1-4H3,(H,18,20). The molecule has 0 spiro atoms. The van der Waals surface area contributed by atoms with Crippen molar-refractivity contribution >= 4 is 40.6 Å². The fraction of sp³-hybridized carbons (Fsp3) is 0.533. The summed E-state index contributed by atoms with van der Waals surface area (Å²) in [4.78, 5) is 14.2. The fourth-order valence-corrected chi connectivity index (χ4v) is 3.55. The van der Waals surface area contributed by atoms with Crippen LogP contribution in [0.3, 0.4) is 0 Å². The van der Waals surface area contributed by atoms with Gasteiger partial charge in [0, 0.05) is 30.1 Å². The van der Waals surface area contributed by atoms with Gasteiger partial charge in [0.1, 0.15) is 6.04 Å². The van der Waals surface area contributed by atoms with Gasteiger partial charge in [-0.05, 0) is 31.9 Å². The number of halogens is 1. The Labute approximate surface area is 135 Å². The van der Waals surface area contributed by atoms with E-state index in [2.05, 4.69) is 28.7 Å². The molecule has 1 heterocycles. The van der Waals surface area contributed by atoms with E-state index in [1.807, 2.05) is 26.1 Å². The molecule has 21 heavy (non-hydrogen) atoms. The molecule has 0 radical (unpaired) electrons. The summed E-state index contributed by atoms with van der Waals surface area (Å²) in [6, 6.07) is 3.95. The van der Waals surface area contributed by atoms with Crippen LogP contribution in [-0.4, -0.2) is 37.6 Å². The average molecular weight is 328 g/mol. The van der Waals surface area contributed by atoms with Crippen LogP contribution in [0.4, 0.5) is 11.4 Å². The van der Waals surface area contributed by atoms with Crippen LogP contribution in [0, 0.1) is 0 Å². The van der Waals surface area contributed by atoms with Crippen molar-refractivity contribution in [2.45, 2.75) is 25.9 Å². The molecular weight excluding hydrogens is 306 g/mol. The summed E-state index contributed by atoms with van der Waals surface area (Å²) in [6.07, 6.45) is 2.09. The molecule has 1 aromatic rings. The van der Waals surface area contributed by atoms with Crippen LogP contribution in [-0.2, 0) is 4.79 Å². The molecule has 0 bridgehead atoms. The van der Waals surface area contributed by atoms with Crippen LogP contribution >= 0.6 is 23.4 Å². The number of hydrogen-bond acceptors (Lipinski definition) is 4. The molecule has 2 N–H and O–H groups in total. The van der Waals surface area contributed by atoms with Crippen LogP contribution in [0.1, 0.15) is 25.5 Å². The SMILES string of the molecule is CCNC1C(=O)Nc2cc(N(C)C(C)CSC)c(Cl)cc21. The topological polar surface area (TPSA) is 44.4 Å². The number of thioether (sulfide) groups is 1. The van der Waals surface area contributed by atoms with E-state index in [9.17, 15) is 4.79 Å². The molecule has 2 unspecified atom stereocenters. The van der Waals surface area contributed by atoms with Gasteiger partial charge in [0.15, 0.2) is 0 Å². The minimum absolute atomic E-state index is 0.0140. The molecule has 1 aromatic carbocycles. The second-order valence-corrected chi connectivity index (χ2v) is 6.60. The maximum absolute atomic E-state index is 12.0. The zero-order chi connectivity index (χ0) is 15.6. The highest BCUT2D eigenvalue weighted by Gasteiger charge is 2.31. The number of carbonyl (C=O) groups is 1. The Balaban J connectivity index is 2.32. The molecule has 0 saturated carbocycles. The normalized spacial score (nSPS) is 18.3. The molecule has 0 aromatic heterocycles. The first-order valence-corrected chi connectivity index (χ1v) is 8.86. The Morgan fingerprint density at radius 3 is 2.86 bits per heavy atom. The van der Waals surface area contributed by atoms with E-state index < -0.39 is 0 Å². The van der Waals surface area contributed by atoms with Crippen LogP contribution < -0.4 is 15.5 Å². The van der Waals surface area contributed by atoms with Crippen molar-refractivity contribution in [1.82, 2.24) is 5.32 Å². The van der Waals surface area contributed by atoms with Gasteiger partial charge >= 0.3 is 0 Å². The first-order chi connectivity index (χ1) is 9.99. The zero-order valence-electron chi connectivity index (χ0n) is 12.9. The largest absolute Gasteiger partial charge is 0.370 e. The van der Waals surface area contributed by atoms with E-state index in [4.69, 9.17) is 11.6 Å². The lowest BCUT2D eigenvalue weighted by atomic mass is 10.1. The minimum atomic E-state index is -0.300. The lowest BCUT2D eigenvalue weighted by Crippen LogP contribution is -2.31. The number of nitrogens with zero attached hydrogens (tertiary/aromatic N) is 1. The van der Waals surface area contributed by atoms with Crippen molar-refractivity contribution in [1.29, 1.82) is 0 Å². The highest BCUT2D eigenvalue weighted by molar-refractivity contribution is 7.98. The third kappa shape index (κ3) is 3.30. The number of benzene rings is 1. The van der Waals surface area contributed by atoms with E-state index in [0.717, 1.165) is 29.2 Å². The van der Waals surface area contributed by atoms with Crippen molar-refractivity contribution in [2.75, 3.05) is 35.8 Å². The predicted octanol–water partition coefficient (Wildman–Crippen LogP) is 3.13. The summed E-state index contributed by atoms with van der Waals surface area (Å²) in [5.74, 6) is 1.01. The molecule has 0 fully saturated rings. The summed E-state index contributed by atoms with van der Waals surface area (Å²) >= 11 is 8.25. The molecule has 0 saturated heterocycles. The first-order valence-electron chi connectivity index (χ1n) is 7.09. The molecule has 2 rings (SSSR count). The predicted molar refractivity (Wildman–Crippen MR) is 92.7 cm³/mol. The van der Waals surface area contributed by atoms with Gasteiger partial charge in [0.05, 0.1) is 10.7 Å². The van der Waals surface area contributed by atoms with E-state index in [1.54, 1.807) is 11.8 Å². The number of fused-ring (bicyclic) bond motifs is 1. The van der Waals surface area contributed by atoms with E-state index >= 15 is 0 Å².